The van der Waals surface area contributed by atoms with Crippen LogP contribution in [0.3, 0.4) is 0 Å². The van der Waals surface area contributed by atoms with Crippen LogP contribution in [0.5, 0.6) is 0 Å². The van der Waals surface area contributed by atoms with Gasteiger partial charge in [-0.3, -0.25) is 14.8 Å². The summed E-state index contributed by atoms with van der Waals surface area (Å²) in [5.74, 6) is -0.841. The molecular formula is C25H26N4O3. The van der Waals surface area contributed by atoms with Crippen LogP contribution >= 0.6 is 0 Å². The monoisotopic (exact) mass is 430 g/mol. The zero-order chi connectivity index (χ0) is 22.5. The lowest BCUT2D eigenvalue weighted by atomic mass is 9.95. The molecule has 0 atom stereocenters. The minimum Gasteiger partial charge on any atom is -0.481 e. The normalized spacial score (nSPS) is 11.2. The summed E-state index contributed by atoms with van der Waals surface area (Å²) in [6.45, 7) is 4.80. The number of rotatable bonds is 9. The van der Waals surface area contributed by atoms with Crippen molar-refractivity contribution in [2.24, 2.45) is 0 Å². The van der Waals surface area contributed by atoms with Crippen LogP contribution in [-0.4, -0.2) is 30.7 Å². The Bertz CT molecular complexity index is 1230. The van der Waals surface area contributed by atoms with Crippen LogP contribution in [-0.2, 0) is 35.6 Å². The minimum atomic E-state index is -0.841. The molecule has 0 amide bonds. The summed E-state index contributed by atoms with van der Waals surface area (Å²) in [6, 6.07) is 10.0. The first-order valence-electron chi connectivity index (χ1n) is 10.7. The van der Waals surface area contributed by atoms with E-state index in [0.29, 0.717) is 13.0 Å². The van der Waals surface area contributed by atoms with Crippen LogP contribution in [0.25, 0.3) is 16.6 Å². The third-order valence-corrected chi connectivity index (χ3v) is 5.43. The number of carbonyl (C=O) groups is 1. The Morgan fingerprint density at radius 3 is 2.62 bits per heavy atom. The largest absolute Gasteiger partial charge is 0.481 e. The maximum atomic E-state index is 11.4. The molecule has 0 saturated carbocycles. The van der Waals surface area contributed by atoms with Crippen LogP contribution in [0, 0.1) is 6.92 Å². The van der Waals surface area contributed by atoms with Crippen molar-refractivity contribution >= 4 is 11.5 Å². The van der Waals surface area contributed by atoms with Gasteiger partial charge in [0, 0.05) is 48.0 Å². The number of carboxylic acid groups (broad SMARTS) is 1. The second-order valence-electron chi connectivity index (χ2n) is 7.77. The summed E-state index contributed by atoms with van der Waals surface area (Å²) in [5.41, 5.74) is 7.66. The summed E-state index contributed by atoms with van der Waals surface area (Å²) >= 11 is 0. The average molecular weight is 431 g/mol. The van der Waals surface area contributed by atoms with Gasteiger partial charge in [0.1, 0.15) is 0 Å². The van der Waals surface area contributed by atoms with Crippen LogP contribution in [0.1, 0.15) is 41.4 Å². The van der Waals surface area contributed by atoms with Crippen molar-refractivity contribution in [1.29, 1.82) is 0 Å². The predicted octanol–water partition coefficient (Wildman–Crippen LogP) is 4.40. The molecule has 0 radical (unpaired) electrons. The lowest BCUT2D eigenvalue weighted by molar-refractivity contribution is -0.136. The zero-order valence-electron chi connectivity index (χ0n) is 18.3. The van der Waals surface area contributed by atoms with Gasteiger partial charge in [0.05, 0.1) is 24.4 Å². The standard InChI is InChI=1S/C25H26N4O3/c1-3-20-4-6-23-25(19-12-17(2)13-27-14-19)21(5-7-24(30)31)22(28-29(20)23)16-32-15-18-8-10-26-11-9-18/h4,6,8-14H,3,5,7,15-16H2,1-2H3,(H,30,31). The van der Waals surface area contributed by atoms with Crippen molar-refractivity contribution in [3.63, 3.8) is 0 Å². The Hall–Kier alpha value is -3.58. The topological polar surface area (TPSA) is 89.6 Å². The van der Waals surface area contributed by atoms with Gasteiger partial charge in [0.2, 0.25) is 0 Å². The van der Waals surface area contributed by atoms with E-state index in [0.717, 1.165) is 51.1 Å². The highest BCUT2D eigenvalue weighted by Gasteiger charge is 2.20. The molecule has 4 rings (SSSR count). The predicted molar refractivity (Wildman–Crippen MR) is 121 cm³/mol. The summed E-state index contributed by atoms with van der Waals surface area (Å²) in [5, 5.41) is 14.3. The first-order chi connectivity index (χ1) is 15.6. The number of ether oxygens (including phenoxy) is 1. The molecule has 4 heterocycles. The molecular weight excluding hydrogens is 404 g/mol. The quantitative estimate of drug-likeness (QED) is 0.423. The van der Waals surface area contributed by atoms with Gasteiger partial charge in [-0.25, -0.2) is 4.52 Å². The van der Waals surface area contributed by atoms with Crippen LogP contribution in [0.15, 0.2) is 55.1 Å². The van der Waals surface area contributed by atoms with Crippen molar-refractivity contribution in [3.8, 4) is 11.1 Å². The number of aryl methyl sites for hydroxylation is 2. The highest BCUT2D eigenvalue weighted by atomic mass is 16.5. The fourth-order valence-electron chi connectivity index (χ4n) is 3.90. The molecule has 0 fully saturated rings. The van der Waals surface area contributed by atoms with E-state index in [4.69, 9.17) is 9.84 Å². The Kier molecular flexibility index (Phi) is 6.56. The van der Waals surface area contributed by atoms with Gasteiger partial charge in [-0.2, -0.15) is 5.10 Å². The number of carboxylic acids is 1. The number of fused-ring (bicyclic) bond motifs is 1. The molecule has 0 aliphatic rings. The van der Waals surface area contributed by atoms with Crippen molar-refractivity contribution < 1.29 is 14.6 Å². The fraction of sp³-hybridized carbons (Fsp3) is 0.280. The Morgan fingerprint density at radius 2 is 1.91 bits per heavy atom. The Balaban J connectivity index is 1.82. The first kappa shape index (κ1) is 21.6. The smallest absolute Gasteiger partial charge is 0.303 e. The van der Waals surface area contributed by atoms with E-state index in [1.165, 1.54) is 0 Å². The van der Waals surface area contributed by atoms with Crippen molar-refractivity contribution in [3.05, 3.63) is 83.2 Å². The van der Waals surface area contributed by atoms with Gasteiger partial charge in [-0.05, 0) is 66.8 Å². The lowest BCUT2D eigenvalue weighted by Gasteiger charge is -2.17. The SMILES string of the molecule is CCc1ccc2c(-c3cncc(C)c3)c(CCC(=O)O)c(COCc3ccncc3)nn12. The van der Waals surface area contributed by atoms with Gasteiger partial charge < -0.3 is 9.84 Å². The lowest BCUT2D eigenvalue weighted by Crippen LogP contribution is -2.11. The van der Waals surface area contributed by atoms with Crippen LogP contribution in [0.4, 0.5) is 0 Å². The summed E-state index contributed by atoms with van der Waals surface area (Å²) in [4.78, 5) is 19.8. The van der Waals surface area contributed by atoms with Crippen LogP contribution in [0.2, 0.25) is 0 Å². The van der Waals surface area contributed by atoms with E-state index in [1.54, 1.807) is 12.4 Å². The molecule has 0 unspecified atom stereocenters. The van der Waals surface area contributed by atoms with E-state index in [-0.39, 0.29) is 13.0 Å². The number of nitrogens with zero attached hydrogens (tertiary/aromatic N) is 4. The minimum absolute atomic E-state index is 0.0167. The van der Waals surface area contributed by atoms with E-state index >= 15 is 0 Å². The van der Waals surface area contributed by atoms with Crippen molar-refractivity contribution in [2.45, 2.75) is 46.3 Å². The Morgan fingerprint density at radius 1 is 1.09 bits per heavy atom. The summed E-state index contributed by atoms with van der Waals surface area (Å²) in [7, 11) is 0. The molecule has 0 aromatic carbocycles. The molecule has 7 heteroatoms. The highest BCUT2D eigenvalue weighted by molar-refractivity contribution is 5.84. The van der Waals surface area contributed by atoms with E-state index < -0.39 is 5.97 Å². The van der Waals surface area contributed by atoms with Gasteiger partial charge >= 0.3 is 5.97 Å². The summed E-state index contributed by atoms with van der Waals surface area (Å²) < 4.78 is 7.95. The number of aromatic nitrogens is 4. The van der Waals surface area contributed by atoms with E-state index in [1.807, 2.05) is 36.0 Å². The van der Waals surface area contributed by atoms with Crippen molar-refractivity contribution in [2.75, 3.05) is 0 Å². The zero-order valence-corrected chi connectivity index (χ0v) is 18.3. The summed E-state index contributed by atoms with van der Waals surface area (Å²) in [6.07, 6.45) is 8.32. The van der Waals surface area contributed by atoms with E-state index in [9.17, 15) is 9.90 Å². The molecule has 164 valence electrons. The number of pyridine rings is 2. The van der Waals surface area contributed by atoms with Crippen molar-refractivity contribution in [1.82, 2.24) is 19.6 Å². The maximum absolute atomic E-state index is 11.4. The molecule has 0 bridgehead atoms. The molecule has 0 aliphatic carbocycles. The molecule has 0 aliphatic heterocycles. The second kappa shape index (κ2) is 9.70. The Labute approximate surface area is 186 Å². The third kappa shape index (κ3) is 4.68. The third-order valence-electron chi connectivity index (χ3n) is 5.43. The molecule has 4 aromatic heterocycles. The molecule has 1 N–H and O–H groups in total. The van der Waals surface area contributed by atoms with Gasteiger partial charge in [0.25, 0.3) is 0 Å². The average Bonchev–Trinajstić information content (AvgIpc) is 3.20. The van der Waals surface area contributed by atoms with Gasteiger partial charge in [-0.1, -0.05) is 6.92 Å². The highest BCUT2D eigenvalue weighted by Crippen LogP contribution is 2.33. The van der Waals surface area contributed by atoms with Gasteiger partial charge in [0.15, 0.2) is 0 Å². The molecule has 4 aromatic rings. The maximum Gasteiger partial charge on any atom is 0.303 e. The number of hydrogen-bond acceptors (Lipinski definition) is 5. The molecule has 7 nitrogen and oxygen atoms in total. The number of hydrogen-bond donors (Lipinski definition) is 1. The van der Waals surface area contributed by atoms with Crippen LogP contribution < -0.4 is 0 Å². The molecule has 0 saturated heterocycles. The molecule has 0 spiro atoms. The fourth-order valence-corrected chi connectivity index (χ4v) is 3.90. The number of aliphatic carboxylic acids is 1. The van der Waals surface area contributed by atoms with E-state index in [2.05, 4.69) is 35.1 Å². The van der Waals surface area contributed by atoms with Gasteiger partial charge in [-0.15, -0.1) is 0 Å². The second-order valence-corrected chi connectivity index (χ2v) is 7.77. The first-order valence-corrected chi connectivity index (χ1v) is 10.7. The molecule has 32 heavy (non-hydrogen) atoms.